The third-order valence-corrected chi connectivity index (χ3v) is 7.45. The lowest BCUT2D eigenvalue weighted by atomic mass is 10.1. The first-order valence-corrected chi connectivity index (χ1v) is 12.2. The van der Waals surface area contributed by atoms with E-state index in [1.807, 2.05) is 0 Å². The SMILES string of the molecule is CS(=O)(=O)c1ccc(OC2CCOC2)c(C(=O)N2CC3CC3(c3noc(C(F)(F)F)n3)C2)c1. The van der Waals surface area contributed by atoms with Crippen LogP contribution < -0.4 is 4.74 Å². The molecule has 1 amide bonds. The molecule has 1 saturated carbocycles. The molecule has 0 spiro atoms. The molecule has 2 saturated heterocycles. The number of amides is 1. The van der Waals surface area contributed by atoms with Crippen LogP contribution in [0.1, 0.15) is 34.9 Å². The highest BCUT2D eigenvalue weighted by atomic mass is 32.2. The minimum Gasteiger partial charge on any atom is -0.487 e. The van der Waals surface area contributed by atoms with Crippen molar-refractivity contribution in [2.45, 2.75) is 35.4 Å². The first kappa shape index (κ1) is 22.1. The zero-order valence-electron chi connectivity index (χ0n) is 17.5. The Bertz CT molecular complexity index is 1210. The fraction of sp³-hybridized carbons (Fsp3) is 0.550. The van der Waals surface area contributed by atoms with Gasteiger partial charge in [0.25, 0.3) is 5.91 Å². The molecule has 3 aliphatic rings. The lowest BCUT2D eigenvalue weighted by Crippen LogP contribution is -2.34. The van der Waals surface area contributed by atoms with E-state index in [0.29, 0.717) is 26.1 Å². The topological polar surface area (TPSA) is 112 Å². The largest absolute Gasteiger partial charge is 0.487 e. The van der Waals surface area contributed by atoms with Crippen molar-refractivity contribution in [2.24, 2.45) is 5.92 Å². The number of rotatable bonds is 5. The van der Waals surface area contributed by atoms with E-state index >= 15 is 0 Å². The van der Waals surface area contributed by atoms with Crippen molar-refractivity contribution in [3.63, 3.8) is 0 Å². The van der Waals surface area contributed by atoms with E-state index in [4.69, 9.17) is 9.47 Å². The number of piperidine rings is 1. The summed E-state index contributed by atoms with van der Waals surface area (Å²) in [4.78, 5) is 18.4. The van der Waals surface area contributed by atoms with E-state index in [9.17, 15) is 26.4 Å². The minimum absolute atomic E-state index is 0.0343. The van der Waals surface area contributed by atoms with Gasteiger partial charge in [0.2, 0.25) is 0 Å². The smallest absolute Gasteiger partial charge is 0.471 e. The van der Waals surface area contributed by atoms with Crippen LogP contribution in [0.2, 0.25) is 0 Å². The van der Waals surface area contributed by atoms with E-state index in [1.54, 1.807) is 0 Å². The Balaban J connectivity index is 1.42. The van der Waals surface area contributed by atoms with Crippen LogP contribution >= 0.6 is 0 Å². The first-order chi connectivity index (χ1) is 15.5. The van der Waals surface area contributed by atoms with E-state index < -0.39 is 33.2 Å². The average molecular weight is 487 g/mol. The number of alkyl halides is 3. The molecule has 178 valence electrons. The molecule has 1 aromatic carbocycles. The molecule has 3 atom stereocenters. The lowest BCUT2D eigenvalue weighted by molar-refractivity contribution is -0.159. The number of halogens is 3. The van der Waals surface area contributed by atoms with E-state index in [0.717, 1.165) is 6.26 Å². The minimum atomic E-state index is -4.75. The second kappa shape index (κ2) is 7.42. The monoisotopic (exact) mass is 487 g/mol. The molecule has 13 heteroatoms. The van der Waals surface area contributed by atoms with Crippen LogP contribution in [0.5, 0.6) is 5.75 Å². The van der Waals surface area contributed by atoms with Crippen LogP contribution in [0.15, 0.2) is 27.6 Å². The van der Waals surface area contributed by atoms with Gasteiger partial charge in [-0.2, -0.15) is 18.2 Å². The Kier molecular flexibility index (Phi) is 4.98. The Hall–Kier alpha value is -2.67. The van der Waals surface area contributed by atoms with Crippen LogP contribution in [-0.4, -0.2) is 68.0 Å². The molecule has 0 radical (unpaired) electrons. The van der Waals surface area contributed by atoms with Gasteiger partial charge >= 0.3 is 12.1 Å². The summed E-state index contributed by atoms with van der Waals surface area (Å²) in [6.45, 7) is 1.26. The number of carbonyl (C=O) groups excluding carboxylic acids is 1. The summed E-state index contributed by atoms with van der Waals surface area (Å²) in [5.41, 5.74) is -0.720. The number of ether oxygens (including phenoxy) is 2. The van der Waals surface area contributed by atoms with Crippen LogP contribution in [0.3, 0.4) is 0 Å². The molecule has 2 aliphatic heterocycles. The molecular formula is C20H20F3N3O6S. The molecule has 1 aliphatic carbocycles. The molecule has 9 nitrogen and oxygen atoms in total. The van der Waals surface area contributed by atoms with Crippen molar-refractivity contribution in [2.75, 3.05) is 32.6 Å². The van der Waals surface area contributed by atoms with Crippen LogP contribution in [0.25, 0.3) is 0 Å². The second-order valence-corrected chi connectivity index (χ2v) is 10.7. The fourth-order valence-corrected chi connectivity index (χ4v) is 5.14. The van der Waals surface area contributed by atoms with Gasteiger partial charge in [-0.25, -0.2) is 8.42 Å². The van der Waals surface area contributed by atoms with Crippen LogP contribution in [0, 0.1) is 5.92 Å². The van der Waals surface area contributed by atoms with Crippen LogP contribution in [-0.2, 0) is 26.2 Å². The highest BCUT2D eigenvalue weighted by Gasteiger charge is 2.65. The number of benzene rings is 1. The maximum Gasteiger partial charge on any atom is 0.471 e. The number of hydrogen-bond acceptors (Lipinski definition) is 8. The van der Waals surface area contributed by atoms with Crippen molar-refractivity contribution >= 4 is 15.7 Å². The summed E-state index contributed by atoms with van der Waals surface area (Å²) in [5.74, 6) is -1.83. The molecule has 33 heavy (non-hydrogen) atoms. The van der Waals surface area contributed by atoms with E-state index in [1.165, 1.54) is 23.1 Å². The van der Waals surface area contributed by atoms with E-state index in [-0.39, 0.29) is 47.1 Å². The van der Waals surface area contributed by atoms with Crippen molar-refractivity contribution in [1.29, 1.82) is 0 Å². The molecule has 2 aromatic rings. The molecule has 5 rings (SSSR count). The van der Waals surface area contributed by atoms with Gasteiger partial charge in [-0.15, -0.1) is 0 Å². The average Bonchev–Trinajstić information content (AvgIpc) is 3.23. The predicted octanol–water partition coefficient (Wildman–Crippen LogP) is 2.07. The second-order valence-electron chi connectivity index (χ2n) is 8.70. The zero-order valence-corrected chi connectivity index (χ0v) is 18.3. The lowest BCUT2D eigenvalue weighted by Gasteiger charge is -2.23. The summed E-state index contributed by atoms with van der Waals surface area (Å²) in [6, 6.07) is 4.09. The Labute approximate surface area is 186 Å². The van der Waals surface area contributed by atoms with Gasteiger partial charge in [-0.3, -0.25) is 4.79 Å². The summed E-state index contributed by atoms with van der Waals surface area (Å²) in [6.07, 6.45) is -2.80. The molecule has 3 unspecified atom stereocenters. The Morgan fingerprint density at radius 3 is 2.76 bits per heavy atom. The molecule has 0 N–H and O–H groups in total. The number of carbonyl (C=O) groups is 1. The van der Waals surface area contributed by atoms with Gasteiger partial charge in [0.05, 0.1) is 29.1 Å². The van der Waals surface area contributed by atoms with Gasteiger partial charge in [0.15, 0.2) is 15.7 Å². The van der Waals surface area contributed by atoms with E-state index in [2.05, 4.69) is 14.7 Å². The normalized spacial score (nSPS) is 27.0. The third kappa shape index (κ3) is 3.97. The maximum atomic E-state index is 13.4. The predicted molar refractivity (Wildman–Crippen MR) is 104 cm³/mol. The van der Waals surface area contributed by atoms with Gasteiger partial charge in [-0.1, -0.05) is 5.16 Å². The van der Waals surface area contributed by atoms with Gasteiger partial charge in [0.1, 0.15) is 11.9 Å². The molecule has 0 bridgehead atoms. The Morgan fingerprint density at radius 1 is 1.33 bits per heavy atom. The number of fused-ring (bicyclic) bond motifs is 1. The maximum absolute atomic E-state index is 13.4. The zero-order chi connectivity index (χ0) is 23.6. The van der Waals surface area contributed by atoms with Gasteiger partial charge in [-0.05, 0) is 30.5 Å². The van der Waals surface area contributed by atoms with Crippen molar-refractivity contribution in [3.05, 3.63) is 35.5 Å². The summed E-state index contributed by atoms with van der Waals surface area (Å²) in [7, 11) is -3.58. The molecule has 1 aromatic heterocycles. The molecule has 3 fully saturated rings. The number of nitrogens with zero attached hydrogens (tertiary/aromatic N) is 3. The van der Waals surface area contributed by atoms with Crippen molar-refractivity contribution < 1.29 is 40.4 Å². The molecule has 3 heterocycles. The number of aromatic nitrogens is 2. The van der Waals surface area contributed by atoms with Crippen molar-refractivity contribution in [1.82, 2.24) is 15.0 Å². The quantitative estimate of drug-likeness (QED) is 0.630. The molecular weight excluding hydrogens is 467 g/mol. The third-order valence-electron chi connectivity index (χ3n) is 6.34. The highest BCUT2D eigenvalue weighted by Crippen LogP contribution is 2.58. The van der Waals surface area contributed by atoms with Gasteiger partial charge < -0.3 is 18.9 Å². The van der Waals surface area contributed by atoms with Gasteiger partial charge in [0, 0.05) is 25.8 Å². The first-order valence-electron chi connectivity index (χ1n) is 10.3. The fourth-order valence-electron chi connectivity index (χ4n) is 4.49. The highest BCUT2D eigenvalue weighted by molar-refractivity contribution is 7.90. The van der Waals surface area contributed by atoms with Crippen LogP contribution in [0.4, 0.5) is 13.2 Å². The number of hydrogen-bond donors (Lipinski definition) is 0. The summed E-state index contributed by atoms with van der Waals surface area (Å²) >= 11 is 0. The summed E-state index contributed by atoms with van der Waals surface area (Å²) < 4.78 is 78.3. The number of likely N-dealkylation sites (tertiary alicyclic amines) is 1. The number of sulfone groups is 1. The summed E-state index contributed by atoms with van der Waals surface area (Å²) in [5, 5.41) is 3.52. The van der Waals surface area contributed by atoms with Crippen molar-refractivity contribution in [3.8, 4) is 5.75 Å². The standard InChI is InChI=1S/C20H20F3N3O6S/c1-33(28,29)13-2-3-15(31-12-4-5-30-9-12)14(6-13)16(27)26-8-11-7-19(11,10-26)17-24-18(32-25-17)20(21,22)23/h2-3,6,11-12H,4-5,7-10H2,1H3. The Morgan fingerprint density at radius 2 is 2.12 bits per heavy atom.